The lowest BCUT2D eigenvalue weighted by molar-refractivity contribution is 0.366. The van der Waals surface area contributed by atoms with Gasteiger partial charge in [-0.3, -0.25) is 0 Å². The van der Waals surface area contributed by atoms with Crippen LogP contribution in [0.15, 0.2) is 28.8 Å². The molecule has 0 spiro atoms. The van der Waals surface area contributed by atoms with Gasteiger partial charge in [-0.2, -0.15) is 4.98 Å². The summed E-state index contributed by atoms with van der Waals surface area (Å²) in [6.07, 6.45) is 3.05. The molecular formula is C15H19N3O. The number of aryl methyl sites for hydroxylation is 1. The minimum atomic E-state index is 0.406. The molecule has 1 atom stereocenters. The van der Waals surface area contributed by atoms with Crippen LogP contribution >= 0.6 is 0 Å². The van der Waals surface area contributed by atoms with Gasteiger partial charge in [0.05, 0.1) is 6.42 Å². The van der Waals surface area contributed by atoms with Gasteiger partial charge in [0.1, 0.15) is 0 Å². The normalized spacial score (nSPS) is 19.5. The molecule has 19 heavy (non-hydrogen) atoms. The van der Waals surface area contributed by atoms with E-state index < -0.39 is 0 Å². The van der Waals surface area contributed by atoms with E-state index in [4.69, 9.17) is 4.52 Å². The lowest BCUT2D eigenvalue weighted by atomic mass is 9.99. The highest BCUT2D eigenvalue weighted by atomic mass is 16.5. The minimum Gasteiger partial charge on any atom is -0.339 e. The zero-order valence-electron chi connectivity index (χ0n) is 11.2. The van der Waals surface area contributed by atoms with E-state index in [1.54, 1.807) is 0 Å². The summed E-state index contributed by atoms with van der Waals surface area (Å²) in [7, 11) is 0. The van der Waals surface area contributed by atoms with Crippen molar-refractivity contribution in [1.82, 2.24) is 15.5 Å². The smallest absolute Gasteiger partial charge is 0.231 e. The molecule has 1 aliphatic heterocycles. The van der Waals surface area contributed by atoms with Crippen LogP contribution in [0.5, 0.6) is 0 Å². The molecule has 0 aliphatic carbocycles. The molecule has 4 nitrogen and oxygen atoms in total. The van der Waals surface area contributed by atoms with Crippen molar-refractivity contribution >= 4 is 0 Å². The molecule has 1 unspecified atom stereocenters. The standard InChI is InChI=1S/C15H19N3O/c1-11-4-2-5-12(8-11)9-14-17-15(18-19-14)13-6-3-7-16-10-13/h2,4-5,8,13,16H,3,6-7,9-10H2,1H3. The van der Waals surface area contributed by atoms with Crippen molar-refractivity contribution < 1.29 is 4.52 Å². The second kappa shape index (κ2) is 5.53. The van der Waals surface area contributed by atoms with E-state index in [0.29, 0.717) is 11.8 Å². The molecule has 0 amide bonds. The maximum atomic E-state index is 5.37. The summed E-state index contributed by atoms with van der Waals surface area (Å²) in [5.41, 5.74) is 2.48. The molecule has 1 fully saturated rings. The molecule has 1 aliphatic rings. The molecular weight excluding hydrogens is 238 g/mol. The topological polar surface area (TPSA) is 51.0 Å². The van der Waals surface area contributed by atoms with Crippen molar-refractivity contribution in [3.8, 4) is 0 Å². The molecule has 3 rings (SSSR count). The Labute approximate surface area is 113 Å². The fourth-order valence-electron chi connectivity index (χ4n) is 2.57. The summed E-state index contributed by atoms with van der Waals surface area (Å²) in [4.78, 5) is 4.54. The van der Waals surface area contributed by atoms with Crippen LogP contribution in [0.1, 0.15) is 41.6 Å². The molecule has 0 saturated carbocycles. The number of nitrogens with one attached hydrogen (secondary N) is 1. The fraction of sp³-hybridized carbons (Fsp3) is 0.467. The van der Waals surface area contributed by atoms with Crippen LogP contribution < -0.4 is 5.32 Å². The van der Waals surface area contributed by atoms with Gasteiger partial charge in [-0.1, -0.05) is 35.0 Å². The first-order chi connectivity index (χ1) is 9.31. The van der Waals surface area contributed by atoms with Crippen LogP contribution in [0.25, 0.3) is 0 Å². The highest BCUT2D eigenvalue weighted by Crippen LogP contribution is 2.21. The SMILES string of the molecule is Cc1cccc(Cc2nc(C3CCCNC3)no2)c1. The minimum absolute atomic E-state index is 0.406. The Balaban J connectivity index is 1.70. The number of nitrogens with zero attached hydrogens (tertiary/aromatic N) is 2. The van der Waals surface area contributed by atoms with Gasteiger partial charge in [0, 0.05) is 12.5 Å². The molecule has 1 aromatic heterocycles. The second-order valence-corrected chi connectivity index (χ2v) is 5.26. The molecule has 1 saturated heterocycles. The Morgan fingerprint density at radius 1 is 1.42 bits per heavy atom. The largest absolute Gasteiger partial charge is 0.339 e. The Bertz CT molecular complexity index is 544. The van der Waals surface area contributed by atoms with Crippen LogP contribution in [-0.2, 0) is 6.42 Å². The Hall–Kier alpha value is -1.68. The first kappa shape index (κ1) is 12.4. The molecule has 2 aromatic rings. The zero-order valence-corrected chi connectivity index (χ0v) is 11.2. The zero-order chi connectivity index (χ0) is 13.1. The van der Waals surface area contributed by atoms with Gasteiger partial charge in [-0.25, -0.2) is 0 Å². The Morgan fingerprint density at radius 3 is 3.16 bits per heavy atom. The van der Waals surface area contributed by atoms with Crippen LogP contribution in [-0.4, -0.2) is 23.2 Å². The second-order valence-electron chi connectivity index (χ2n) is 5.26. The van der Waals surface area contributed by atoms with Crippen molar-refractivity contribution in [2.75, 3.05) is 13.1 Å². The summed E-state index contributed by atoms with van der Waals surface area (Å²) in [6, 6.07) is 8.41. The van der Waals surface area contributed by atoms with Gasteiger partial charge in [-0.05, 0) is 31.9 Å². The predicted octanol–water partition coefficient (Wildman–Crippen LogP) is 2.44. The highest BCUT2D eigenvalue weighted by molar-refractivity contribution is 5.24. The lowest BCUT2D eigenvalue weighted by Crippen LogP contribution is -2.28. The predicted molar refractivity (Wildman–Crippen MR) is 73.1 cm³/mol. The highest BCUT2D eigenvalue weighted by Gasteiger charge is 2.20. The molecule has 1 aromatic carbocycles. The molecule has 2 heterocycles. The van der Waals surface area contributed by atoms with Gasteiger partial charge < -0.3 is 9.84 Å². The summed E-state index contributed by atoms with van der Waals surface area (Å²) < 4.78 is 5.37. The van der Waals surface area contributed by atoms with Gasteiger partial charge in [0.2, 0.25) is 5.89 Å². The number of aromatic nitrogens is 2. The molecule has 4 heteroatoms. The maximum Gasteiger partial charge on any atom is 0.231 e. The third-order valence-electron chi connectivity index (χ3n) is 3.58. The van der Waals surface area contributed by atoms with Crippen molar-refractivity contribution in [2.24, 2.45) is 0 Å². The van der Waals surface area contributed by atoms with E-state index in [2.05, 4.69) is 46.6 Å². The molecule has 0 bridgehead atoms. The maximum absolute atomic E-state index is 5.37. The third kappa shape index (κ3) is 3.01. The van der Waals surface area contributed by atoms with Gasteiger partial charge in [-0.15, -0.1) is 0 Å². The first-order valence-corrected chi connectivity index (χ1v) is 6.90. The number of hydrogen-bond acceptors (Lipinski definition) is 4. The Morgan fingerprint density at radius 2 is 2.37 bits per heavy atom. The third-order valence-corrected chi connectivity index (χ3v) is 3.58. The van der Waals surface area contributed by atoms with E-state index in [9.17, 15) is 0 Å². The number of piperidine rings is 1. The fourth-order valence-corrected chi connectivity index (χ4v) is 2.57. The number of benzene rings is 1. The van der Waals surface area contributed by atoms with E-state index in [1.165, 1.54) is 17.5 Å². The molecule has 1 N–H and O–H groups in total. The summed E-state index contributed by atoms with van der Waals surface area (Å²) in [5.74, 6) is 1.98. The first-order valence-electron chi connectivity index (χ1n) is 6.90. The number of hydrogen-bond donors (Lipinski definition) is 1. The van der Waals surface area contributed by atoms with Crippen molar-refractivity contribution in [1.29, 1.82) is 0 Å². The summed E-state index contributed by atoms with van der Waals surface area (Å²) in [6.45, 7) is 4.16. The average molecular weight is 257 g/mol. The van der Waals surface area contributed by atoms with Crippen LogP contribution in [0.3, 0.4) is 0 Å². The van der Waals surface area contributed by atoms with Crippen LogP contribution in [0.4, 0.5) is 0 Å². The molecule has 100 valence electrons. The van der Waals surface area contributed by atoms with Gasteiger partial charge in [0.15, 0.2) is 5.82 Å². The lowest BCUT2D eigenvalue weighted by Gasteiger charge is -2.19. The summed E-state index contributed by atoms with van der Waals surface area (Å²) in [5, 5.41) is 7.51. The average Bonchev–Trinajstić information content (AvgIpc) is 2.88. The van der Waals surface area contributed by atoms with Gasteiger partial charge in [0.25, 0.3) is 0 Å². The van der Waals surface area contributed by atoms with Crippen molar-refractivity contribution in [3.05, 3.63) is 47.1 Å². The Kier molecular flexibility index (Phi) is 3.60. The van der Waals surface area contributed by atoms with Crippen molar-refractivity contribution in [2.45, 2.75) is 32.1 Å². The van der Waals surface area contributed by atoms with Crippen LogP contribution in [0, 0.1) is 6.92 Å². The van der Waals surface area contributed by atoms with E-state index >= 15 is 0 Å². The quantitative estimate of drug-likeness (QED) is 0.917. The van der Waals surface area contributed by atoms with E-state index in [0.717, 1.165) is 31.8 Å². The van der Waals surface area contributed by atoms with E-state index in [-0.39, 0.29) is 0 Å². The molecule has 0 radical (unpaired) electrons. The van der Waals surface area contributed by atoms with Crippen molar-refractivity contribution in [3.63, 3.8) is 0 Å². The summed E-state index contributed by atoms with van der Waals surface area (Å²) >= 11 is 0. The monoisotopic (exact) mass is 257 g/mol. The van der Waals surface area contributed by atoms with Gasteiger partial charge >= 0.3 is 0 Å². The number of rotatable bonds is 3. The van der Waals surface area contributed by atoms with E-state index in [1.807, 2.05) is 0 Å². The van der Waals surface area contributed by atoms with Crippen LogP contribution in [0.2, 0.25) is 0 Å².